The highest BCUT2D eigenvalue weighted by Gasteiger charge is 2.56. The lowest BCUT2D eigenvalue weighted by Crippen LogP contribution is -2.72. The van der Waals surface area contributed by atoms with Crippen LogP contribution in [0.1, 0.15) is 188 Å². The fraction of sp³-hybridized carbons (Fsp3) is 0.868. The van der Waals surface area contributed by atoms with Crippen LogP contribution in [0, 0.1) is 0 Å². The summed E-state index contributed by atoms with van der Waals surface area (Å²) < 4.78 is -0.369. The fourth-order valence-electron chi connectivity index (χ4n) is 7.15. The van der Waals surface area contributed by atoms with E-state index in [0.717, 1.165) is 19.3 Å². The van der Waals surface area contributed by atoms with E-state index in [4.69, 9.17) is 0 Å². The van der Waals surface area contributed by atoms with Crippen LogP contribution in [-0.4, -0.2) is 62.4 Å². The zero-order chi connectivity index (χ0) is 33.8. The maximum Gasteiger partial charge on any atom is 0.362 e. The number of rotatable bonds is 33. The van der Waals surface area contributed by atoms with Crippen molar-refractivity contribution < 1.29 is 34.2 Å². The van der Waals surface area contributed by atoms with E-state index in [1.807, 2.05) is 20.8 Å². The first kappa shape index (κ1) is 43.1. The molecule has 0 bridgehead atoms. The molecule has 7 heteroatoms. The quantitative estimate of drug-likeness (QED) is 0.0374. The Hall–Kier alpha value is -1.89. The van der Waals surface area contributed by atoms with Gasteiger partial charge in [-0.2, -0.15) is 0 Å². The molecule has 0 saturated heterocycles. The van der Waals surface area contributed by atoms with Gasteiger partial charge in [0.1, 0.15) is 0 Å². The molecule has 7 nitrogen and oxygen atoms in total. The van der Waals surface area contributed by atoms with Crippen LogP contribution < -0.4 is 0 Å². The van der Waals surface area contributed by atoms with E-state index in [2.05, 4.69) is 19.1 Å². The first-order valence-corrected chi connectivity index (χ1v) is 18.9. The molecule has 45 heavy (non-hydrogen) atoms. The predicted octanol–water partition coefficient (Wildman–Crippen LogP) is 10.6. The van der Waals surface area contributed by atoms with Crippen molar-refractivity contribution in [2.45, 2.75) is 206 Å². The molecule has 0 aliphatic carbocycles. The summed E-state index contributed by atoms with van der Waals surface area (Å²) >= 11 is 0. The van der Waals surface area contributed by atoms with Crippen LogP contribution in [0.5, 0.6) is 0 Å². The molecular weight excluding hydrogens is 566 g/mol. The average molecular weight is 639 g/mol. The number of quaternary nitrogens is 1. The Balaban J connectivity index is 4.64. The highest BCUT2D eigenvalue weighted by molar-refractivity contribution is 5.78. The maximum atomic E-state index is 12.6. The molecule has 0 aromatic rings. The lowest BCUT2D eigenvalue weighted by molar-refractivity contribution is -0.973. The van der Waals surface area contributed by atoms with Crippen molar-refractivity contribution in [3.8, 4) is 0 Å². The van der Waals surface area contributed by atoms with E-state index in [1.54, 1.807) is 0 Å². The third kappa shape index (κ3) is 18.1. The van der Waals surface area contributed by atoms with Crippen LogP contribution in [0.15, 0.2) is 12.2 Å². The van der Waals surface area contributed by atoms with Gasteiger partial charge in [0, 0.05) is 19.3 Å². The number of hydrogen-bond acceptors (Lipinski definition) is 3. The van der Waals surface area contributed by atoms with Crippen LogP contribution >= 0.6 is 0 Å². The number of nitrogens with zero attached hydrogens (tertiary/aromatic N) is 1. The van der Waals surface area contributed by atoms with E-state index in [9.17, 15) is 29.7 Å². The SMILES string of the molecule is CCCC/C=C/CCCCCCCCCCCCCCCCC[N+](C(CCC)C(=O)O)(C(CCC)C(=O)O)C(CCC)C(=O)O. The summed E-state index contributed by atoms with van der Waals surface area (Å²) in [4.78, 5) is 37.8. The van der Waals surface area contributed by atoms with Gasteiger partial charge in [0.25, 0.3) is 0 Å². The lowest BCUT2D eigenvalue weighted by Gasteiger charge is -2.50. The van der Waals surface area contributed by atoms with E-state index in [-0.39, 0.29) is 30.3 Å². The number of allylic oxidation sites excluding steroid dienone is 2. The van der Waals surface area contributed by atoms with E-state index < -0.39 is 36.0 Å². The Bertz CT molecular complexity index is 722. The summed E-state index contributed by atoms with van der Waals surface area (Å²) in [5.41, 5.74) is 0. The molecule has 0 fully saturated rings. The first-order chi connectivity index (χ1) is 21.7. The summed E-state index contributed by atoms with van der Waals surface area (Å²) in [6, 6.07) is -3.13. The largest absolute Gasteiger partial charge is 0.477 e. The monoisotopic (exact) mass is 639 g/mol. The van der Waals surface area contributed by atoms with Crippen molar-refractivity contribution in [1.29, 1.82) is 0 Å². The smallest absolute Gasteiger partial charge is 0.362 e. The van der Waals surface area contributed by atoms with Crippen molar-refractivity contribution in [1.82, 2.24) is 0 Å². The Kier molecular flexibility index (Phi) is 27.2. The number of carboxylic acid groups (broad SMARTS) is 3. The first-order valence-electron chi connectivity index (χ1n) is 18.9. The second kappa shape index (κ2) is 28.3. The molecule has 0 aliphatic rings. The van der Waals surface area contributed by atoms with E-state index >= 15 is 0 Å². The number of hydrogen-bond donors (Lipinski definition) is 3. The second-order valence-corrected chi connectivity index (χ2v) is 13.4. The van der Waals surface area contributed by atoms with Gasteiger partial charge in [-0.05, 0) is 51.4 Å². The second-order valence-electron chi connectivity index (χ2n) is 13.4. The van der Waals surface area contributed by atoms with Gasteiger partial charge < -0.3 is 15.3 Å². The standard InChI is InChI=1S/C38H71NO6/c1-5-9-10-11-12-13-14-15-16-17-18-19-20-21-22-23-24-25-26-27-28-32-39(33(29-6-2)36(40)41,34(30-7-3)37(42)43)35(31-8-4)38(44)45/h11-12,33-35H,5-10,13-32H2,1-4H3,(H2-,40,41,42,43,44,45)/p+1/b12-11+. The van der Waals surface area contributed by atoms with Crippen LogP contribution in [0.2, 0.25) is 0 Å². The highest BCUT2D eigenvalue weighted by Crippen LogP contribution is 2.34. The zero-order valence-electron chi connectivity index (χ0n) is 29.8. The van der Waals surface area contributed by atoms with Crippen molar-refractivity contribution in [3.63, 3.8) is 0 Å². The van der Waals surface area contributed by atoms with Gasteiger partial charge in [-0.1, -0.05) is 130 Å². The van der Waals surface area contributed by atoms with Crippen LogP contribution in [0.25, 0.3) is 0 Å². The van der Waals surface area contributed by atoms with Crippen molar-refractivity contribution in [3.05, 3.63) is 12.2 Å². The topological polar surface area (TPSA) is 112 Å². The fourth-order valence-corrected chi connectivity index (χ4v) is 7.15. The normalized spacial score (nSPS) is 15.1. The van der Waals surface area contributed by atoms with E-state index in [1.165, 1.54) is 96.3 Å². The summed E-state index contributed by atoms with van der Waals surface area (Å²) in [7, 11) is 0. The number of unbranched alkanes of at least 4 members (excludes halogenated alkanes) is 17. The van der Waals surface area contributed by atoms with Gasteiger partial charge in [0.2, 0.25) is 0 Å². The molecule has 3 unspecified atom stereocenters. The van der Waals surface area contributed by atoms with Crippen molar-refractivity contribution in [2.75, 3.05) is 6.54 Å². The molecule has 0 rings (SSSR count). The summed E-state index contributed by atoms with van der Waals surface area (Å²) in [6.45, 7) is 8.16. The molecular formula is C38H72NO6+. The van der Waals surface area contributed by atoms with Gasteiger partial charge in [-0.3, -0.25) is 4.48 Å². The molecule has 0 radical (unpaired) electrons. The molecule has 0 spiro atoms. The summed E-state index contributed by atoms with van der Waals surface area (Å²) in [5, 5.41) is 30.9. The summed E-state index contributed by atoms with van der Waals surface area (Å²) in [6.07, 6.45) is 30.3. The Labute approximate surface area is 276 Å². The molecule has 0 amide bonds. The molecule has 0 aromatic carbocycles. The number of carbonyl (C=O) groups is 3. The molecule has 3 N–H and O–H groups in total. The lowest BCUT2D eigenvalue weighted by atomic mass is 9.91. The van der Waals surface area contributed by atoms with Gasteiger partial charge in [0.05, 0.1) is 6.54 Å². The minimum atomic E-state index is -1.08. The van der Waals surface area contributed by atoms with Gasteiger partial charge >= 0.3 is 17.9 Å². The molecule has 0 saturated carbocycles. The van der Waals surface area contributed by atoms with Gasteiger partial charge in [-0.15, -0.1) is 0 Å². The number of aliphatic carboxylic acids is 3. The van der Waals surface area contributed by atoms with Crippen LogP contribution in [-0.2, 0) is 14.4 Å². The predicted molar refractivity (Wildman–Crippen MR) is 187 cm³/mol. The van der Waals surface area contributed by atoms with Crippen molar-refractivity contribution >= 4 is 17.9 Å². The Morgan fingerprint density at radius 1 is 0.444 bits per heavy atom. The molecule has 0 aromatic heterocycles. The third-order valence-electron chi connectivity index (χ3n) is 9.59. The Morgan fingerprint density at radius 3 is 1.02 bits per heavy atom. The van der Waals surface area contributed by atoms with Gasteiger partial charge in [0.15, 0.2) is 18.1 Å². The minimum absolute atomic E-state index is 0.271. The highest BCUT2D eigenvalue weighted by atomic mass is 16.4. The third-order valence-corrected chi connectivity index (χ3v) is 9.59. The molecule has 3 atom stereocenters. The van der Waals surface area contributed by atoms with Crippen molar-refractivity contribution in [2.24, 2.45) is 0 Å². The van der Waals surface area contributed by atoms with Gasteiger partial charge in [-0.25, -0.2) is 14.4 Å². The van der Waals surface area contributed by atoms with E-state index in [0.29, 0.717) is 25.7 Å². The molecule has 264 valence electrons. The molecule has 0 heterocycles. The average Bonchev–Trinajstić information content (AvgIpc) is 3.00. The van der Waals surface area contributed by atoms with Crippen LogP contribution in [0.4, 0.5) is 0 Å². The van der Waals surface area contributed by atoms with Crippen LogP contribution in [0.3, 0.4) is 0 Å². The Morgan fingerprint density at radius 2 is 0.733 bits per heavy atom. The zero-order valence-corrected chi connectivity index (χ0v) is 29.8. The number of carboxylic acids is 3. The maximum absolute atomic E-state index is 12.6. The minimum Gasteiger partial charge on any atom is -0.477 e. The summed E-state index contributed by atoms with van der Waals surface area (Å²) in [5.74, 6) is -3.24. The molecule has 0 aliphatic heterocycles.